The van der Waals surface area contributed by atoms with Crippen LogP contribution in [0.15, 0.2) is 18.2 Å². The molecule has 0 bridgehead atoms. The Hall–Kier alpha value is -0.865. The van der Waals surface area contributed by atoms with Crippen molar-refractivity contribution < 1.29 is 14.4 Å². The first-order valence-corrected chi connectivity index (χ1v) is 4.48. The summed E-state index contributed by atoms with van der Waals surface area (Å²) in [4.78, 5) is 0. The summed E-state index contributed by atoms with van der Waals surface area (Å²) in [5.41, 5.74) is 0.473. The normalized spacial score (nSPS) is 11.6. The van der Waals surface area contributed by atoms with Crippen LogP contribution in [0.5, 0.6) is 0 Å². The summed E-state index contributed by atoms with van der Waals surface area (Å²) in [7, 11) is -1.61. The van der Waals surface area contributed by atoms with Gasteiger partial charge >= 0.3 is 7.12 Å². The topological polar surface area (TPSA) is 40.5 Å². The molecule has 0 heterocycles. The monoisotopic (exact) mass is 196 g/mol. The van der Waals surface area contributed by atoms with Crippen molar-refractivity contribution in [3.05, 3.63) is 29.6 Å². The van der Waals surface area contributed by atoms with Crippen molar-refractivity contribution in [2.75, 3.05) is 0 Å². The second kappa shape index (κ2) is 3.71. The zero-order valence-electron chi connectivity index (χ0n) is 8.58. The number of halogens is 1. The molecule has 0 saturated heterocycles. The Morgan fingerprint density at radius 3 is 2.14 bits per heavy atom. The molecule has 76 valence electrons. The molecule has 2 N–H and O–H groups in total. The predicted octanol–water partition coefficient (Wildman–Crippen LogP) is 0.803. The lowest BCUT2D eigenvalue weighted by atomic mass is 9.77. The molecule has 0 radical (unpaired) electrons. The SMILES string of the molecule is CC(C)(C)c1ccc(B(O)O)cc1F. The Balaban J connectivity index is 3.15. The van der Waals surface area contributed by atoms with Crippen LogP contribution in [0, 0.1) is 5.82 Å². The zero-order valence-corrected chi connectivity index (χ0v) is 8.58. The van der Waals surface area contributed by atoms with Gasteiger partial charge in [-0.3, -0.25) is 0 Å². The van der Waals surface area contributed by atoms with E-state index in [2.05, 4.69) is 0 Å². The van der Waals surface area contributed by atoms with Crippen LogP contribution >= 0.6 is 0 Å². The van der Waals surface area contributed by atoms with Crippen molar-refractivity contribution in [3.8, 4) is 0 Å². The van der Waals surface area contributed by atoms with E-state index in [0.717, 1.165) is 6.07 Å². The van der Waals surface area contributed by atoms with Gasteiger partial charge in [0.25, 0.3) is 0 Å². The zero-order chi connectivity index (χ0) is 10.9. The van der Waals surface area contributed by atoms with E-state index in [9.17, 15) is 4.39 Å². The van der Waals surface area contributed by atoms with Crippen molar-refractivity contribution in [2.24, 2.45) is 0 Å². The van der Waals surface area contributed by atoms with Crippen LogP contribution in [0.1, 0.15) is 26.3 Å². The Morgan fingerprint density at radius 1 is 1.21 bits per heavy atom. The predicted molar refractivity (Wildman–Crippen MR) is 54.9 cm³/mol. The van der Waals surface area contributed by atoms with Crippen molar-refractivity contribution in [2.45, 2.75) is 26.2 Å². The molecule has 1 rings (SSSR count). The largest absolute Gasteiger partial charge is 0.488 e. The molecule has 1 aromatic rings. The van der Waals surface area contributed by atoms with Gasteiger partial charge < -0.3 is 10.0 Å². The van der Waals surface area contributed by atoms with E-state index in [0.29, 0.717) is 5.56 Å². The summed E-state index contributed by atoms with van der Waals surface area (Å²) in [5, 5.41) is 17.7. The lowest BCUT2D eigenvalue weighted by Gasteiger charge is -2.20. The van der Waals surface area contributed by atoms with Crippen molar-refractivity contribution in [1.82, 2.24) is 0 Å². The molecule has 0 amide bonds. The van der Waals surface area contributed by atoms with Gasteiger partial charge in [0.15, 0.2) is 0 Å². The fraction of sp³-hybridized carbons (Fsp3) is 0.400. The summed E-state index contributed by atoms with van der Waals surface area (Å²) in [6, 6.07) is 4.27. The Morgan fingerprint density at radius 2 is 1.79 bits per heavy atom. The Labute approximate surface area is 83.5 Å². The van der Waals surface area contributed by atoms with Crippen LogP contribution in [0.25, 0.3) is 0 Å². The van der Waals surface area contributed by atoms with Crippen LogP contribution in [0.4, 0.5) is 4.39 Å². The van der Waals surface area contributed by atoms with E-state index in [1.807, 2.05) is 20.8 Å². The van der Waals surface area contributed by atoms with E-state index in [-0.39, 0.29) is 10.9 Å². The third kappa shape index (κ3) is 2.33. The molecule has 14 heavy (non-hydrogen) atoms. The summed E-state index contributed by atoms with van der Waals surface area (Å²) in [6.07, 6.45) is 0. The molecular formula is C10H14BFO2. The maximum Gasteiger partial charge on any atom is 0.488 e. The minimum atomic E-state index is -1.61. The lowest BCUT2D eigenvalue weighted by molar-refractivity contribution is 0.425. The number of hydrogen-bond acceptors (Lipinski definition) is 2. The van der Waals surface area contributed by atoms with Gasteiger partial charge in [0.2, 0.25) is 0 Å². The van der Waals surface area contributed by atoms with Gasteiger partial charge in [-0.2, -0.15) is 0 Å². The van der Waals surface area contributed by atoms with Gasteiger partial charge in [0.05, 0.1) is 0 Å². The van der Waals surface area contributed by atoms with Gasteiger partial charge in [-0.05, 0) is 22.5 Å². The fourth-order valence-corrected chi connectivity index (χ4v) is 1.30. The Bertz CT molecular complexity index is 331. The second-order valence-corrected chi connectivity index (χ2v) is 4.36. The molecule has 1 aromatic carbocycles. The summed E-state index contributed by atoms with van der Waals surface area (Å²) >= 11 is 0. The van der Waals surface area contributed by atoms with Gasteiger partial charge in [-0.1, -0.05) is 32.9 Å². The van der Waals surface area contributed by atoms with Crippen molar-refractivity contribution >= 4 is 12.6 Å². The molecule has 2 nitrogen and oxygen atoms in total. The molecule has 0 saturated carbocycles. The lowest BCUT2D eigenvalue weighted by Crippen LogP contribution is -2.31. The van der Waals surface area contributed by atoms with Crippen LogP contribution in [0.2, 0.25) is 0 Å². The maximum absolute atomic E-state index is 13.5. The molecule has 0 aromatic heterocycles. The Kier molecular flexibility index (Phi) is 2.97. The maximum atomic E-state index is 13.5. The minimum absolute atomic E-state index is 0.176. The quantitative estimate of drug-likeness (QED) is 0.652. The average molecular weight is 196 g/mol. The summed E-state index contributed by atoms with van der Waals surface area (Å²) in [6.45, 7) is 5.71. The van der Waals surface area contributed by atoms with Crippen LogP contribution in [-0.2, 0) is 5.41 Å². The number of rotatable bonds is 1. The second-order valence-electron chi connectivity index (χ2n) is 4.36. The first-order chi connectivity index (χ1) is 6.32. The molecule has 0 atom stereocenters. The highest BCUT2D eigenvalue weighted by Crippen LogP contribution is 2.23. The molecule has 0 aliphatic rings. The van der Waals surface area contributed by atoms with Gasteiger partial charge in [-0.15, -0.1) is 0 Å². The third-order valence-corrected chi connectivity index (χ3v) is 2.10. The molecular weight excluding hydrogens is 182 g/mol. The smallest absolute Gasteiger partial charge is 0.423 e. The number of benzene rings is 1. The van der Waals surface area contributed by atoms with Crippen LogP contribution < -0.4 is 5.46 Å². The highest BCUT2D eigenvalue weighted by Gasteiger charge is 2.20. The van der Waals surface area contributed by atoms with Crippen LogP contribution in [-0.4, -0.2) is 17.2 Å². The molecule has 0 spiro atoms. The van der Waals surface area contributed by atoms with E-state index >= 15 is 0 Å². The molecule has 4 heteroatoms. The van der Waals surface area contributed by atoms with Gasteiger partial charge in [0.1, 0.15) is 5.82 Å². The number of hydrogen-bond donors (Lipinski definition) is 2. The third-order valence-electron chi connectivity index (χ3n) is 2.10. The average Bonchev–Trinajstić information content (AvgIpc) is 2.01. The molecule has 0 aliphatic carbocycles. The molecule has 0 aliphatic heterocycles. The van der Waals surface area contributed by atoms with Crippen molar-refractivity contribution in [1.29, 1.82) is 0 Å². The van der Waals surface area contributed by atoms with Crippen LogP contribution in [0.3, 0.4) is 0 Å². The fourth-order valence-electron chi connectivity index (χ4n) is 1.30. The highest BCUT2D eigenvalue weighted by atomic mass is 19.1. The van der Waals surface area contributed by atoms with Gasteiger partial charge in [0, 0.05) is 0 Å². The summed E-state index contributed by atoms with van der Waals surface area (Å²) < 4.78 is 13.5. The van der Waals surface area contributed by atoms with E-state index < -0.39 is 12.9 Å². The van der Waals surface area contributed by atoms with Crippen molar-refractivity contribution in [3.63, 3.8) is 0 Å². The molecule has 0 unspecified atom stereocenters. The first kappa shape index (κ1) is 11.2. The van der Waals surface area contributed by atoms with E-state index in [1.165, 1.54) is 6.07 Å². The van der Waals surface area contributed by atoms with E-state index in [4.69, 9.17) is 10.0 Å². The van der Waals surface area contributed by atoms with E-state index in [1.54, 1.807) is 6.07 Å². The highest BCUT2D eigenvalue weighted by molar-refractivity contribution is 6.58. The first-order valence-electron chi connectivity index (χ1n) is 4.48. The van der Waals surface area contributed by atoms with Gasteiger partial charge in [-0.25, -0.2) is 4.39 Å². The minimum Gasteiger partial charge on any atom is -0.423 e. The standard InChI is InChI=1S/C10H14BFO2/c1-10(2,3)8-5-4-7(11(13)14)6-9(8)12/h4-6,13-14H,1-3H3. The molecule has 0 fully saturated rings. The summed E-state index contributed by atoms with van der Waals surface area (Å²) in [5.74, 6) is -0.400.